The topological polar surface area (TPSA) is 120 Å². The van der Waals surface area contributed by atoms with E-state index in [4.69, 9.17) is 4.74 Å². The summed E-state index contributed by atoms with van der Waals surface area (Å²) in [6.07, 6.45) is 7.11. The highest BCUT2D eigenvalue weighted by molar-refractivity contribution is 7.92. The van der Waals surface area contributed by atoms with E-state index < -0.39 is 10.0 Å². The molecule has 3 aliphatic rings. The van der Waals surface area contributed by atoms with Crippen LogP contribution in [0.15, 0.2) is 66.5 Å². The number of morpholine rings is 1. The number of piperidine rings is 1. The molecule has 7 rings (SSSR count). The number of fused-ring (bicyclic) bond motifs is 1. The number of H-pyrrole nitrogens is 1. The number of aromatic nitrogens is 4. The highest BCUT2D eigenvalue weighted by Gasteiger charge is 2.33. The number of pyridine rings is 1. The molecule has 0 saturated carbocycles. The molecule has 0 unspecified atom stereocenters. The number of rotatable bonds is 8. The van der Waals surface area contributed by atoms with Gasteiger partial charge >= 0.3 is 0 Å². The lowest BCUT2D eigenvalue weighted by Crippen LogP contribution is -2.48. The molecule has 2 N–H and O–H groups in total. The molecule has 0 amide bonds. The molecule has 11 nitrogen and oxygen atoms in total. The molecule has 3 aromatic heterocycles. The molecule has 1 atom stereocenters. The minimum Gasteiger partial charge on any atom is -0.379 e. The SMILES string of the molecule is O=S1(=O)C=CCN1[C@@H]1CCCN(Cc2ccnc(CNc3ccc(-c4cc5c(N6CCOCC6)ncnc5[nH]4)cc3)c2)C1. The maximum Gasteiger partial charge on any atom is 0.236 e. The summed E-state index contributed by atoms with van der Waals surface area (Å²) in [4.78, 5) is 21.7. The molecule has 0 aliphatic carbocycles. The first kappa shape index (κ1) is 28.0. The van der Waals surface area contributed by atoms with Crippen LogP contribution < -0.4 is 10.2 Å². The first-order chi connectivity index (χ1) is 21.0. The molecule has 6 heterocycles. The van der Waals surface area contributed by atoms with E-state index >= 15 is 0 Å². The third-order valence-electron chi connectivity index (χ3n) is 8.44. The van der Waals surface area contributed by atoms with Gasteiger partial charge in [-0.15, -0.1) is 0 Å². The Bertz CT molecular complexity index is 1720. The summed E-state index contributed by atoms with van der Waals surface area (Å²) in [5.41, 5.74) is 6.08. The van der Waals surface area contributed by atoms with Crippen molar-refractivity contribution in [3.8, 4) is 11.3 Å². The van der Waals surface area contributed by atoms with Gasteiger partial charge in [-0.2, -0.15) is 4.31 Å². The molecule has 0 bridgehead atoms. The van der Waals surface area contributed by atoms with Crippen LogP contribution >= 0.6 is 0 Å². The number of nitrogens with one attached hydrogen (secondary N) is 2. The van der Waals surface area contributed by atoms with Crippen molar-refractivity contribution in [2.45, 2.75) is 32.0 Å². The van der Waals surface area contributed by atoms with Crippen molar-refractivity contribution >= 4 is 32.6 Å². The van der Waals surface area contributed by atoms with Crippen LogP contribution in [0, 0.1) is 0 Å². The van der Waals surface area contributed by atoms with Gasteiger partial charge in [0.2, 0.25) is 10.0 Å². The van der Waals surface area contributed by atoms with Gasteiger partial charge in [0.05, 0.1) is 30.8 Å². The molecule has 0 spiro atoms. The van der Waals surface area contributed by atoms with Gasteiger partial charge in [0, 0.05) is 61.8 Å². The average molecular weight is 601 g/mol. The summed E-state index contributed by atoms with van der Waals surface area (Å²) in [5, 5.41) is 5.85. The van der Waals surface area contributed by atoms with E-state index in [2.05, 4.69) is 71.5 Å². The highest BCUT2D eigenvalue weighted by Crippen LogP contribution is 2.30. The molecular weight excluding hydrogens is 564 g/mol. The molecule has 4 aromatic rings. The van der Waals surface area contributed by atoms with E-state index in [9.17, 15) is 8.42 Å². The number of sulfonamides is 1. The minimum atomic E-state index is -3.26. The largest absolute Gasteiger partial charge is 0.379 e. The first-order valence-electron chi connectivity index (χ1n) is 14.9. The Balaban J connectivity index is 0.971. The van der Waals surface area contributed by atoms with Crippen LogP contribution in [-0.4, -0.2) is 89.5 Å². The van der Waals surface area contributed by atoms with E-state index in [0.29, 0.717) is 26.3 Å². The maximum absolute atomic E-state index is 12.3. The van der Waals surface area contributed by atoms with E-state index in [1.807, 2.05) is 12.3 Å². The van der Waals surface area contributed by atoms with Crippen LogP contribution in [0.3, 0.4) is 0 Å². The maximum atomic E-state index is 12.3. The van der Waals surface area contributed by atoms with E-state index in [0.717, 1.165) is 85.1 Å². The van der Waals surface area contributed by atoms with Crippen molar-refractivity contribution in [1.82, 2.24) is 29.1 Å². The van der Waals surface area contributed by atoms with Crippen molar-refractivity contribution in [1.29, 1.82) is 0 Å². The normalized spacial score (nSPS) is 21.0. The number of hydrogen-bond acceptors (Lipinski definition) is 9. The Labute approximate surface area is 251 Å². The summed E-state index contributed by atoms with van der Waals surface area (Å²) >= 11 is 0. The second-order valence-electron chi connectivity index (χ2n) is 11.3. The Hall–Kier alpha value is -3.84. The molecule has 2 fully saturated rings. The Kier molecular flexibility index (Phi) is 7.83. The van der Waals surface area contributed by atoms with Crippen molar-refractivity contribution in [2.24, 2.45) is 0 Å². The van der Waals surface area contributed by atoms with Crippen molar-refractivity contribution in [2.75, 3.05) is 56.2 Å². The number of ether oxygens (including phenoxy) is 1. The van der Waals surface area contributed by atoms with Crippen LogP contribution in [0.5, 0.6) is 0 Å². The monoisotopic (exact) mass is 600 g/mol. The van der Waals surface area contributed by atoms with E-state index in [-0.39, 0.29) is 6.04 Å². The number of benzene rings is 1. The second-order valence-corrected chi connectivity index (χ2v) is 13.1. The summed E-state index contributed by atoms with van der Waals surface area (Å²) in [5.74, 6) is 0.945. The lowest BCUT2D eigenvalue weighted by molar-refractivity contribution is 0.122. The molecule has 3 aliphatic heterocycles. The second kappa shape index (κ2) is 12.0. The fraction of sp³-hybridized carbons (Fsp3) is 0.387. The Morgan fingerprint density at radius 1 is 1.02 bits per heavy atom. The van der Waals surface area contributed by atoms with Crippen molar-refractivity contribution in [3.63, 3.8) is 0 Å². The molecule has 1 aromatic carbocycles. The fourth-order valence-corrected chi connectivity index (χ4v) is 7.64. The number of nitrogens with zero attached hydrogens (tertiary/aromatic N) is 6. The summed E-state index contributed by atoms with van der Waals surface area (Å²) in [6, 6.07) is 14.7. The number of aromatic amines is 1. The standard InChI is InChI=1S/C31H36N8O3S/c40-43(41)16-2-11-39(43)27-3-1-10-37(21-27)20-23-8-9-32-26(17-23)19-33-25-6-4-24(5-7-25)29-18-28-30(36-29)34-22-35-31(28)38-12-14-42-15-13-38/h2,4-9,16-18,22,27,33H,1,3,10-15,19-21H2,(H,34,35,36)/t27-/m1/s1. The van der Waals surface area contributed by atoms with Crippen molar-refractivity contribution in [3.05, 3.63) is 77.7 Å². The van der Waals surface area contributed by atoms with Crippen LogP contribution in [0.4, 0.5) is 11.5 Å². The zero-order valence-electron chi connectivity index (χ0n) is 24.0. The molecule has 0 radical (unpaired) electrons. The number of likely N-dealkylation sites (tertiary alicyclic amines) is 1. The van der Waals surface area contributed by atoms with Gasteiger partial charge in [-0.1, -0.05) is 18.2 Å². The molecule has 224 valence electrons. The van der Waals surface area contributed by atoms with Gasteiger partial charge in [-0.25, -0.2) is 18.4 Å². The number of anilines is 2. The Morgan fingerprint density at radius 3 is 2.70 bits per heavy atom. The Morgan fingerprint density at radius 2 is 1.88 bits per heavy atom. The third-order valence-corrected chi connectivity index (χ3v) is 10.1. The van der Waals surface area contributed by atoms with Gasteiger partial charge in [0.15, 0.2) is 0 Å². The smallest absolute Gasteiger partial charge is 0.236 e. The van der Waals surface area contributed by atoms with Gasteiger partial charge in [0.1, 0.15) is 17.8 Å². The molecule has 43 heavy (non-hydrogen) atoms. The van der Waals surface area contributed by atoms with E-state index in [1.54, 1.807) is 16.7 Å². The zero-order valence-corrected chi connectivity index (χ0v) is 24.8. The quantitative estimate of drug-likeness (QED) is 0.313. The molecule has 2 saturated heterocycles. The highest BCUT2D eigenvalue weighted by atomic mass is 32.2. The van der Waals surface area contributed by atoms with Gasteiger partial charge in [-0.3, -0.25) is 9.88 Å². The summed E-state index contributed by atoms with van der Waals surface area (Å²) in [6.45, 7) is 6.67. The van der Waals surface area contributed by atoms with Gasteiger partial charge in [-0.05, 0) is 60.8 Å². The minimum absolute atomic E-state index is 0.0313. The predicted molar refractivity (Wildman–Crippen MR) is 167 cm³/mol. The zero-order chi connectivity index (χ0) is 29.2. The van der Waals surface area contributed by atoms with Crippen molar-refractivity contribution < 1.29 is 13.2 Å². The van der Waals surface area contributed by atoms with Crippen LogP contribution in [0.25, 0.3) is 22.3 Å². The van der Waals surface area contributed by atoms with Gasteiger partial charge < -0.3 is 19.9 Å². The van der Waals surface area contributed by atoms with Crippen LogP contribution in [0.2, 0.25) is 0 Å². The van der Waals surface area contributed by atoms with Crippen LogP contribution in [-0.2, 0) is 27.8 Å². The lowest BCUT2D eigenvalue weighted by Gasteiger charge is -2.36. The molecule has 12 heteroatoms. The number of hydrogen-bond donors (Lipinski definition) is 2. The first-order valence-corrected chi connectivity index (χ1v) is 16.4. The molecular formula is C31H36N8O3S. The fourth-order valence-electron chi connectivity index (χ4n) is 6.27. The predicted octanol–water partition coefficient (Wildman–Crippen LogP) is 3.59. The average Bonchev–Trinajstić information content (AvgIpc) is 3.64. The van der Waals surface area contributed by atoms with E-state index in [1.165, 1.54) is 11.0 Å². The van der Waals surface area contributed by atoms with Gasteiger partial charge in [0.25, 0.3) is 0 Å². The van der Waals surface area contributed by atoms with Crippen LogP contribution in [0.1, 0.15) is 24.1 Å². The summed E-state index contributed by atoms with van der Waals surface area (Å²) < 4.78 is 31.8. The lowest BCUT2D eigenvalue weighted by atomic mass is 10.0. The summed E-state index contributed by atoms with van der Waals surface area (Å²) in [7, 11) is -3.26. The third kappa shape index (κ3) is 6.14.